The molecule has 0 aromatic carbocycles. The minimum absolute atomic E-state index is 0.242. The van der Waals surface area contributed by atoms with Crippen LogP contribution in [0.15, 0.2) is 12.2 Å². The maximum Gasteiger partial charge on any atom is 0.310 e. The van der Waals surface area contributed by atoms with Crippen LogP contribution in [0.25, 0.3) is 0 Å². The van der Waals surface area contributed by atoms with Crippen molar-refractivity contribution in [3.8, 4) is 0 Å². The monoisotopic (exact) mass is 380 g/mol. The minimum Gasteiger partial charge on any atom is -0.465 e. The number of hydrogen-bond acceptors (Lipinski definition) is 4. The van der Waals surface area contributed by atoms with Crippen molar-refractivity contribution in [2.75, 3.05) is 13.2 Å². The summed E-state index contributed by atoms with van der Waals surface area (Å²) in [4.78, 5) is 24.6. The second-order valence-corrected chi connectivity index (χ2v) is 7.67. The van der Waals surface area contributed by atoms with E-state index in [0.29, 0.717) is 26.1 Å². The molecule has 156 valence electrons. The fraction of sp³-hybridized carbons (Fsp3) is 0.826. The lowest BCUT2D eigenvalue weighted by molar-refractivity contribution is -0.161. The largest absolute Gasteiger partial charge is 0.465 e. The molecule has 0 heterocycles. The number of allylic oxidation sites excluding steroid dienone is 2. The van der Waals surface area contributed by atoms with Crippen LogP contribution >= 0.6 is 0 Å². The van der Waals surface area contributed by atoms with Gasteiger partial charge >= 0.3 is 11.9 Å². The molecule has 0 aromatic rings. The van der Waals surface area contributed by atoms with Crippen molar-refractivity contribution in [3.63, 3.8) is 0 Å². The Hall–Kier alpha value is -1.32. The summed E-state index contributed by atoms with van der Waals surface area (Å²) in [5.74, 6) is -1.28. The number of carbonyl (C=O) groups is 2. The van der Waals surface area contributed by atoms with Crippen LogP contribution in [0.4, 0.5) is 0 Å². The number of ether oxygens (including phenoxy) is 2. The third kappa shape index (κ3) is 10.6. The van der Waals surface area contributed by atoms with Gasteiger partial charge in [-0.15, -0.1) is 0 Å². The molecule has 27 heavy (non-hydrogen) atoms. The third-order valence-corrected chi connectivity index (χ3v) is 5.23. The standard InChI is InChI=1S/C23H40O4/c1-3-5-6-7-8-9-10-11-12-15-19-27-23(25)21-17-14-13-16-20(21)22(24)26-18-4-2/h13-14,20-21H,3-12,15-19H2,1-2H3. The molecule has 0 aliphatic heterocycles. The van der Waals surface area contributed by atoms with E-state index < -0.39 is 0 Å². The lowest BCUT2D eigenvalue weighted by atomic mass is 9.83. The van der Waals surface area contributed by atoms with Crippen molar-refractivity contribution in [2.45, 2.75) is 97.3 Å². The van der Waals surface area contributed by atoms with E-state index in [1.54, 1.807) is 0 Å². The molecule has 1 aliphatic rings. The lowest BCUT2D eigenvalue weighted by Gasteiger charge is -2.25. The SMILES string of the molecule is CCCCCCCCCCCCOC(=O)C1CC=CCC1C(=O)OCCC. The topological polar surface area (TPSA) is 52.6 Å². The van der Waals surface area contributed by atoms with Gasteiger partial charge in [-0.25, -0.2) is 0 Å². The average Bonchev–Trinajstić information content (AvgIpc) is 2.70. The second-order valence-electron chi connectivity index (χ2n) is 7.67. The molecule has 0 bridgehead atoms. The molecule has 1 aliphatic carbocycles. The van der Waals surface area contributed by atoms with Gasteiger partial charge < -0.3 is 9.47 Å². The van der Waals surface area contributed by atoms with E-state index in [2.05, 4.69) is 6.92 Å². The Morgan fingerprint density at radius 1 is 0.667 bits per heavy atom. The smallest absolute Gasteiger partial charge is 0.310 e. The van der Waals surface area contributed by atoms with Gasteiger partial charge in [0, 0.05) is 0 Å². The van der Waals surface area contributed by atoms with E-state index in [9.17, 15) is 9.59 Å². The highest BCUT2D eigenvalue weighted by atomic mass is 16.5. The number of hydrogen-bond donors (Lipinski definition) is 0. The van der Waals surface area contributed by atoms with Crippen molar-refractivity contribution in [1.29, 1.82) is 0 Å². The van der Waals surface area contributed by atoms with Gasteiger partial charge in [0.2, 0.25) is 0 Å². The van der Waals surface area contributed by atoms with Gasteiger partial charge in [0.1, 0.15) is 0 Å². The quantitative estimate of drug-likeness (QED) is 0.199. The highest BCUT2D eigenvalue weighted by Crippen LogP contribution is 2.28. The first-order chi connectivity index (χ1) is 13.2. The van der Waals surface area contributed by atoms with Gasteiger partial charge in [0.15, 0.2) is 0 Å². The second kappa shape index (κ2) is 15.7. The molecule has 1 rings (SSSR count). The zero-order valence-corrected chi connectivity index (χ0v) is 17.5. The van der Waals surface area contributed by atoms with Crippen LogP contribution in [-0.2, 0) is 19.1 Å². The van der Waals surface area contributed by atoms with Gasteiger partial charge in [-0.3, -0.25) is 9.59 Å². The van der Waals surface area contributed by atoms with Crippen molar-refractivity contribution in [1.82, 2.24) is 0 Å². The maximum atomic E-state index is 12.4. The molecule has 0 spiro atoms. The first-order valence-corrected chi connectivity index (χ1v) is 11.2. The number of esters is 2. The van der Waals surface area contributed by atoms with Crippen LogP contribution in [-0.4, -0.2) is 25.2 Å². The van der Waals surface area contributed by atoms with Gasteiger partial charge in [-0.1, -0.05) is 83.8 Å². The van der Waals surface area contributed by atoms with Crippen molar-refractivity contribution < 1.29 is 19.1 Å². The van der Waals surface area contributed by atoms with Crippen LogP contribution in [0.3, 0.4) is 0 Å². The van der Waals surface area contributed by atoms with E-state index in [1.807, 2.05) is 19.1 Å². The number of unbranched alkanes of at least 4 members (excludes halogenated alkanes) is 9. The van der Waals surface area contributed by atoms with E-state index >= 15 is 0 Å². The Morgan fingerprint density at radius 3 is 1.59 bits per heavy atom. The van der Waals surface area contributed by atoms with Crippen molar-refractivity contribution in [2.24, 2.45) is 11.8 Å². The van der Waals surface area contributed by atoms with E-state index in [0.717, 1.165) is 19.3 Å². The highest BCUT2D eigenvalue weighted by molar-refractivity contribution is 5.82. The molecule has 0 amide bonds. The van der Waals surface area contributed by atoms with Gasteiger partial charge in [-0.2, -0.15) is 0 Å². The summed E-state index contributed by atoms with van der Waals surface area (Å²) >= 11 is 0. The first-order valence-electron chi connectivity index (χ1n) is 11.2. The molecule has 4 nitrogen and oxygen atoms in total. The Labute approximate surface area is 166 Å². The molecule has 0 saturated carbocycles. The van der Waals surface area contributed by atoms with E-state index in [4.69, 9.17) is 9.47 Å². The molecule has 0 radical (unpaired) electrons. The molecular weight excluding hydrogens is 340 g/mol. The van der Waals surface area contributed by atoms with E-state index in [1.165, 1.54) is 51.4 Å². The molecule has 0 N–H and O–H groups in total. The first kappa shape index (κ1) is 23.7. The zero-order valence-electron chi connectivity index (χ0n) is 17.5. The Kier molecular flexibility index (Phi) is 13.8. The Balaban J connectivity index is 2.12. The normalized spacial score (nSPS) is 19.0. The molecule has 0 saturated heterocycles. The molecule has 2 unspecified atom stereocenters. The Bertz CT molecular complexity index is 430. The summed E-state index contributed by atoms with van der Waals surface area (Å²) in [7, 11) is 0. The molecular formula is C23H40O4. The number of carbonyl (C=O) groups excluding carboxylic acids is 2. The molecule has 0 fully saturated rings. The lowest BCUT2D eigenvalue weighted by Crippen LogP contribution is -2.34. The summed E-state index contributed by atoms with van der Waals surface area (Å²) in [5.41, 5.74) is 0. The van der Waals surface area contributed by atoms with Crippen LogP contribution < -0.4 is 0 Å². The highest BCUT2D eigenvalue weighted by Gasteiger charge is 2.36. The number of rotatable bonds is 15. The molecule has 0 aromatic heterocycles. The molecule has 2 atom stereocenters. The van der Waals surface area contributed by atoms with Crippen LogP contribution in [0.2, 0.25) is 0 Å². The minimum atomic E-state index is -0.387. The summed E-state index contributed by atoms with van der Waals surface area (Å²) < 4.78 is 10.7. The van der Waals surface area contributed by atoms with Gasteiger partial charge in [0.05, 0.1) is 25.0 Å². The average molecular weight is 381 g/mol. The maximum absolute atomic E-state index is 12.4. The molecule has 4 heteroatoms. The fourth-order valence-corrected chi connectivity index (χ4v) is 3.51. The van der Waals surface area contributed by atoms with Gasteiger partial charge in [-0.05, 0) is 25.7 Å². The summed E-state index contributed by atoms with van der Waals surface area (Å²) in [6.45, 7) is 5.09. The summed E-state index contributed by atoms with van der Waals surface area (Å²) in [6, 6.07) is 0. The summed E-state index contributed by atoms with van der Waals surface area (Å²) in [6.07, 6.45) is 18.4. The van der Waals surface area contributed by atoms with Crippen molar-refractivity contribution >= 4 is 11.9 Å². The predicted octanol–water partition coefficient (Wildman–Crippen LogP) is 5.99. The van der Waals surface area contributed by atoms with Crippen molar-refractivity contribution in [3.05, 3.63) is 12.2 Å². The summed E-state index contributed by atoms with van der Waals surface area (Å²) in [5, 5.41) is 0. The van der Waals surface area contributed by atoms with Crippen LogP contribution in [0, 0.1) is 11.8 Å². The Morgan fingerprint density at radius 2 is 1.11 bits per heavy atom. The van der Waals surface area contributed by atoms with Gasteiger partial charge in [0.25, 0.3) is 0 Å². The van der Waals surface area contributed by atoms with Crippen LogP contribution in [0.5, 0.6) is 0 Å². The van der Waals surface area contributed by atoms with E-state index in [-0.39, 0.29) is 23.8 Å². The van der Waals surface area contributed by atoms with Crippen LogP contribution in [0.1, 0.15) is 97.3 Å². The predicted molar refractivity (Wildman–Crippen MR) is 109 cm³/mol. The zero-order chi connectivity index (χ0) is 19.7. The fourth-order valence-electron chi connectivity index (χ4n) is 3.51. The third-order valence-electron chi connectivity index (χ3n) is 5.23.